The monoisotopic (exact) mass is 346 g/mol. The number of carboxylic acids is 1. The highest BCUT2D eigenvalue weighted by atomic mass is 16.4. The normalized spacial score (nSPS) is 18.7. The summed E-state index contributed by atoms with van der Waals surface area (Å²) in [6, 6.07) is 6.46. The summed E-state index contributed by atoms with van der Waals surface area (Å²) in [7, 11) is 0. The Kier molecular flexibility index (Phi) is 6.17. The van der Waals surface area contributed by atoms with Gasteiger partial charge in [-0.1, -0.05) is 31.5 Å². The molecule has 0 saturated carbocycles. The van der Waals surface area contributed by atoms with E-state index < -0.39 is 12.0 Å². The second kappa shape index (κ2) is 8.14. The fourth-order valence-electron chi connectivity index (χ4n) is 3.04. The van der Waals surface area contributed by atoms with Gasteiger partial charge in [0.25, 0.3) is 5.91 Å². The molecule has 136 valence electrons. The minimum absolute atomic E-state index is 0.0869. The third-order valence-electron chi connectivity index (χ3n) is 4.61. The lowest BCUT2D eigenvalue weighted by molar-refractivity contribution is -0.144. The van der Waals surface area contributed by atoms with Crippen LogP contribution in [0.5, 0.6) is 0 Å². The van der Waals surface area contributed by atoms with Gasteiger partial charge in [0.15, 0.2) is 0 Å². The van der Waals surface area contributed by atoms with Crippen molar-refractivity contribution >= 4 is 17.8 Å². The van der Waals surface area contributed by atoms with Gasteiger partial charge in [-0.15, -0.1) is 0 Å². The number of amides is 2. The van der Waals surface area contributed by atoms with Gasteiger partial charge >= 0.3 is 5.97 Å². The second-order valence-electron chi connectivity index (χ2n) is 7.02. The molecule has 0 radical (unpaired) electrons. The molecule has 6 nitrogen and oxygen atoms in total. The van der Waals surface area contributed by atoms with Crippen molar-refractivity contribution < 1.29 is 19.5 Å². The Hall–Kier alpha value is -2.37. The first-order valence-electron chi connectivity index (χ1n) is 8.68. The lowest BCUT2D eigenvalue weighted by atomic mass is 9.95. The highest BCUT2D eigenvalue weighted by molar-refractivity contribution is 5.95. The Bertz CT molecular complexity index is 639. The minimum atomic E-state index is -1.04. The van der Waals surface area contributed by atoms with Gasteiger partial charge in [-0.05, 0) is 37.8 Å². The van der Waals surface area contributed by atoms with E-state index in [2.05, 4.69) is 5.32 Å². The van der Waals surface area contributed by atoms with Crippen molar-refractivity contribution in [1.29, 1.82) is 0 Å². The number of hydrogen-bond acceptors (Lipinski definition) is 3. The number of rotatable bonds is 5. The number of nitrogens with zero attached hydrogens (tertiary/aromatic N) is 1. The van der Waals surface area contributed by atoms with E-state index in [-0.39, 0.29) is 23.7 Å². The molecule has 2 atom stereocenters. The number of aryl methyl sites for hydroxylation is 1. The molecule has 0 aliphatic carbocycles. The molecule has 2 amide bonds. The minimum Gasteiger partial charge on any atom is -0.480 e. The number of piperidine rings is 1. The van der Waals surface area contributed by atoms with Crippen LogP contribution < -0.4 is 5.32 Å². The topological polar surface area (TPSA) is 86.7 Å². The van der Waals surface area contributed by atoms with Crippen LogP contribution in [0, 0.1) is 18.8 Å². The van der Waals surface area contributed by atoms with Gasteiger partial charge in [0.05, 0.1) is 5.92 Å². The number of carbonyl (C=O) groups excluding carboxylic acids is 2. The van der Waals surface area contributed by atoms with E-state index in [0.29, 0.717) is 25.1 Å². The first-order chi connectivity index (χ1) is 11.8. The lowest BCUT2D eigenvalue weighted by Crippen LogP contribution is -2.50. The fourth-order valence-corrected chi connectivity index (χ4v) is 3.04. The average molecular weight is 346 g/mol. The van der Waals surface area contributed by atoms with Crippen LogP contribution in [0.25, 0.3) is 0 Å². The summed E-state index contributed by atoms with van der Waals surface area (Å²) in [5.41, 5.74) is 1.69. The van der Waals surface area contributed by atoms with Crippen LogP contribution in [0.2, 0.25) is 0 Å². The Morgan fingerprint density at radius 1 is 1.20 bits per heavy atom. The number of carboxylic acid groups (broad SMARTS) is 1. The Labute approximate surface area is 148 Å². The molecule has 25 heavy (non-hydrogen) atoms. The van der Waals surface area contributed by atoms with Crippen LogP contribution in [-0.4, -0.2) is 46.9 Å². The van der Waals surface area contributed by atoms with Gasteiger partial charge in [-0.3, -0.25) is 9.59 Å². The van der Waals surface area contributed by atoms with Crippen molar-refractivity contribution in [3.8, 4) is 0 Å². The first kappa shape index (κ1) is 19.0. The summed E-state index contributed by atoms with van der Waals surface area (Å²) >= 11 is 0. The smallest absolute Gasteiger partial charge is 0.326 e. The Morgan fingerprint density at radius 2 is 1.84 bits per heavy atom. The predicted molar refractivity (Wildman–Crippen MR) is 94.2 cm³/mol. The molecule has 1 fully saturated rings. The first-order valence-corrected chi connectivity index (χ1v) is 8.68. The van der Waals surface area contributed by atoms with Crippen molar-refractivity contribution in [3.05, 3.63) is 35.4 Å². The third kappa shape index (κ3) is 4.81. The van der Waals surface area contributed by atoms with Gasteiger partial charge in [0.1, 0.15) is 6.04 Å². The summed E-state index contributed by atoms with van der Waals surface area (Å²) in [6.45, 7) is 6.41. The number of likely N-dealkylation sites (tertiary alicyclic amines) is 1. The summed E-state index contributed by atoms with van der Waals surface area (Å²) in [5, 5.41) is 11.8. The molecule has 2 N–H and O–H groups in total. The van der Waals surface area contributed by atoms with E-state index in [9.17, 15) is 19.5 Å². The molecule has 1 aliphatic heterocycles. The maximum atomic E-state index is 12.6. The summed E-state index contributed by atoms with van der Waals surface area (Å²) in [5.74, 6) is -1.98. The zero-order valence-corrected chi connectivity index (χ0v) is 15.0. The average Bonchev–Trinajstić information content (AvgIpc) is 2.59. The fraction of sp³-hybridized carbons (Fsp3) is 0.526. The van der Waals surface area contributed by atoms with E-state index in [0.717, 1.165) is 12.0 Å². The van der Waals surface area contributed by atoms with Crippen molar-refractivity contribution in [2.24, 2.45) is 11.8 Å². The van der Waals surface area contributed by atoms with Crippen molar-refractivity contribution in [1.82, 2.24) is 10.2 Å². The van der Waals surface area contributed by atoms with Crippen LogP contribution in [0.4, 0.5) is 0 Å². The molecule has 1 aliphatic rings. The third-order valence-corrected chi connectivity index (χ3v) is 4.61. The molecule has 1 heterocycles. The molecule has 1 saturated heterocycles. The Balaban J connectivity index is 2.02. The van der Waals surface area contributed by atoms with E-state index in [1.54, 1.807) is 30.9 Å². The zero-order chi connectivity index (χ0) is 18.6. The van der Waals surface area contributed by atoms with E-state index in [1.807, 2.05) is 19.1 Å². The van der Waals surface area contributed by atoms with Gasteiger partial charge in [-0.2, -0.15) is 0 Å². The van der Waals surface area contributed by atoms with Gasteiger partial charge in [-0.25, -0.2) is 4.79 Å². The highest BCUT2D eigenvalue weighted by Crippen LogP contribution is 2.20. The van der Waals surface area contributed by atoms with E-state index in [4.69, 9.17) is 0 Å². The quantitative estimate of drug-likeness (QED) is 0.854. The summed E-state index contributed by atoms with van der Waals surface area (Å²) < 4.78 is 0. The number of hydrogen-bond donors (Lipinski definition) is 2. The highest BCUT2D eigenvalue weighted by Gasteiger charge is 2.32. The SMILES string of the molecule is Cc1ccc(C(=O)N2CCCC(C(=O)N[C@H](C(=O)O)C(C)C)C2)cc1. The van der Waals surface area contributed by atoms with Gasteiger partial charge < -0.3 is 15.3 Å². The molecule has 0 spiro atoms. The molecule has 2 rings (SSSR count). The zero-order valence-electron chi connectivity index (χ0n) is 15.0. The molecule has 0 bridgehead atoms. The number of aliphatic carboxylic acids is 1. The van der Waals surface area contributed by atoms with Crippen molar-refractivity contribution in [2.75, 3.05) is 13.1 Å². The summed E-state index contributed by atoms with van der Waals surface area (Å²) in [6.07, 6.45) is 1.39. The molecule has 6 heteroatoms. The molecular weight excluding hydrogens is 320 g/mol. The second-order valence-corrected chi connectivity index (χ2v) is 7.02. The van der Waals surface area contributed by atoms with E-state index >= 15 is 0 Å². The van der Waals surface area contributed by atoms with Crippen LogP contribution in [0.15, 0.2) is 24.3 Å². The predicted octanol–water partition coefficient (Wildman–Crippen LogP) is 2.07. The molecular formula is C19H26N2O4. The number of benzene rings is 1. The summed E-state index contributed by atoms with van der Waals surface area (Å²) in [4.78, 5) is 38.0. The van der Waals surface area contributed by atoms with Crippen molar-refractivity contribution in [3.63, 3.8) is 0 Å². The van der Waals surface area contributed by atoms with Crippen LogP contribution in [0.1, 0.15) is 42.6 Å². The maximum absolute atomic E-state index is 12.6. The van der Waals surface area contributed by atoms with Crippen molar-refractivity contribution in [2.45, 2.75) is 39.7 Å². The lowest BCUT2D eigenvalue weighted by Gasteiger charge is -2.33. The number of nitrogens with one attached hydrogen (secondary N) is 1. The molecule has 1 aromatic rings. The largest absolute Gasteiger partial charge is 0.480 e. The van der Waals surface area contributed by atoms with Gasteiger partial charge in [0, 0.05) is 18.7 Å². The molecule has 1 unspecified atom stereocenters. The van der Waals surface area contributed by atoms with Crippen LogP contribution >= 0.6 is 0 Å². The Morgan fingerprint density at radius 3 is 2.40 bits per heavy atom. The van der Waals surface area contributed by atoms with E-state index in [1.165, 1.54) is 0 Å². The maximum Gasteiger partial charge on any atom is 0.326 e. The standard InChI is InChI=1S/C19H26N2O4/c1-12(2)16(19(24)25)20-17(22)15-5-4-10-21(11-15)18(23)14-8-6-13(3)7-9-14/h6-9,12,15-16H,4-5,10-11H2,1-3H3,(H,20,22)(H,24,25)/t15?,16-/m0/s1. The number of carbonyl (C=O) groups is 3. The van der Waals surface area contributed by atoms with Crippen LogP contribution in [0.3, 0.4) is 0 Å². The molecule has 0 aromatic heterocycles. The van der Waals surface area contributed by atoms with Crippen LogP contribution in [-0.2, 0) is 9.59 Å². The molecule has 1 aromatic carbocycles. The van der Waals surface area contributed by atoms with Gasteiger partial charge in [0.2, 0.25) is 5.91 Å².